The van der Waals surface area contributed by atoms with Crippen molar-refractivity contribution in [3.63, 3.8) is 0 Å². The molecular formula is C15H19N5OS. The maximum atomic E-state index is 12.3. The molecule has 3 rings (SSSR count). The molecule has 7 heteroatoms. The van der Waals surface area contributed by atoms with Crippen LogP contribution in [0.4, 0.5) is 11.6 Å². The standard InChI is InChI=1S/C15H19N5OS/c1-18(2)13-5-6-14(17-16-13)19-7-9-20(10-8-19)15(21)12-4-3-11-22-12/h3-6,11H,7-10H2,1-2H3. The molecule has 1 fully saturated rings. The zero-order valence-corrected chi connectivity index (χ0v) is 13.6. The maximum absolute atomic E-state index is 12.3. The first kappa shape index (κ1) is 14.8. The Morgan fingerprint density at radius 1 is 1.14 bits per heavy atom. The Balaban J connectivity index is 1.60. The number of amides is 1. The highest BCUT2D eigenvalue weighted by Crippen LogP contribution is 2.17. The summed E-state index contributed by atoms with van der Waals surface area (Å²) in [5.41, 5.74) is 0. The second kappa shape index (κ2) is 6.31. The molecule has 3 heterocycles. The van der Waals surface area contributed by atoms with Gasteiger partial charge in [-0.3, -0.25) is 4.79 Å². The fraction of sp³-hybridized carbons (Fsp3) is 0.400. The number of carbonyl (C=O) groups excluding carboxylic acids is 1. The van der Waals surface area contributed by atoms with Gasteiger partial charge in [0.2, 0.25) is 0 Å². The number of rotatable bonds is 3. The molecule has 0 aromatic carbocycles. The Bertz CT molecular complexity index is 618. The highest BCUT2D eigenvalue weighted by Gasteiger charge is 2.23. The summed E-state index contributed by atoms with van der Waals surface area (Å²) in [6.07, 6.45) is 0. The summed E-state index contributed by atoms with van der Waals surface area (Å²) in [4.78, 5) is 19.1. The largest absolute Gasteiger partial charge is 0.361 e. The summed E-state index contributed by atoms with van der Waals surface area (Å²) >= 11 is 1.49. The van der Waals surface area contributed by atoms with Crippen molar-refractivity contribution in [3.05, 3.63) is 34.5 Å². The molecule has 0 saturated carbocycles. The first-order valence-electron chi connectivity index (χ1n) is 7.24. The number of hydrogen-bond acceptors (Lipinski definition) is 6. The van der Waals surface area contributed by atoms with Gasteiger partial charge in [0.05, 0.1) is 4.88 Å². The maximum Gasteiger partial charge on any atom is 0.264 e. The molecule has 0 N–H and O–H groups in total. The van der Waals surface area contributed by atoms with E-state index in [0.717, 1.165) is 29.6 Å². The van der Waals surface area contributed by atoms with E-state index in [0.29, 0.717) is 13.1 Å². The van der Waals surface area contributed by atoms with Crippen LogP contribution in [0.15, 0.2) is 29.6 Å². The van der Waals surface area contributed by atoms with Gasteiger partial charge < -0.3 is 14.7 Å². The van der Waals surface area contributed by atoms with Gasteiger partial charge in [0, 0.05) is 40.3 Å². The Hall–Kier alpha value is -2.15. The second-order valence-corrected chi connectivity index (χ2v) is 6.35. The number of aromatic nitrogens is 2. The molecule has 2 aromatic rings. The molecule has 22 heavy (non-hydrogen) atoms. The molecule has 0 unspecified atom stereocenters. The summed E-state index contributed by atoms with van der Waals surface area (Å²) in [5.74, 6) is 1.84. The van der Waals surface area contributed by atoms with E-state index in [-0.39, 0.29) is 5.91 Å². The van der Waals surface area contributed by atoms with E-state index in [2.05, 4.69) is 15.1 Å². The minimum Gasteiger partial charge on any atom is -0.361 e. The van der Waals surface area contributed by atoms with Crippen molar-refractivity contribution < 1.29 is 4.79 Å². The molecule has 1 aliphatic heterocycles. The lowest BCUT2D eigenvalue weighted by molar-refractivity contribution is 0.0751. The average Bonchev–Trinajstić information content (AvgIpc) is 3.09. The van der Waals surface area contributed by atoms with Crippen LogP contribution >= 0.6 is 11.3 Å². The Morgan fingerprint density at radius 3 is 2.45 bits per heavy atom. The molecule has 0 spiro atoms. The Morgan fingerprint density at radius 2 is 1.91 bits per heavy atom. The van der Waals surface area contributed by atoms with Crippen LogP contribution in [0.2, 0.25) is 0 Å². The van der Waals surface area contributed by atoms with E-state index in [1.807, 2.05) is 53.5 Å². The van der Waals surface area contributed by atoms with Crippen molar-refractivity contribution in [2.45, 2.75) is 0 Å². The van der Waals surface area contributed by atoms with E-state index in [1.54, 1.807) is 0 Å². The van der Waals surface area contributed by atoms with Gasteiger partial charge in [0.25, 0.3) is 5.91 Å². The van der Waals surface area contributed by atoms with Gasteiger partial charge in [-0.2, -0.15) is 0 Å². The molecular weight excluding hydrogens is 298 g/mol. The number of nitrogens with zero attached hydrogens (tertiary/aromatic N) is 5. The molecule has 1 amide bonds. The van der Waals surface area contributed by atoms with Crippen molar-refractivity contribution in [1.82, 2.24) is 15.1 Å². The third-order valence-electron chi connectivity index (χ3n) is 3.72. The summed E-state index contributed by atoms with van der Waals surface area (Å²) in [7, 11) is 3.89. The summed E-state index contributed by atoms with van der Waals surface area (Å²) in [5, 5.41) is 10.4. The predicted octanol–water partition coefficient (Wildman–Crippen LogP) is 1.57. The molecule has 2 aromatic heterocycles. The van der Waals surface area contributed by atoms with E-state index >= 15 is 0 Å². The monoisotopic (exact) mass is 317 g/mol. The third kappa shape index (κ3) is 3.04. The molecule has 1 aliphatic rings. The first-order valence-corrected chi connectivity index (χ1v) is 8.12. The van der Waals surface area contributed by atoms with Crippen LogP contribution in [-0.4, -0.2) is 61.3 Å². The summed E-state index contributed by atoms with van der Waals surface area (Å²) < 4.78 is 0. The molecule has 0 aliphatic carbocycles. The van der Waals surface area contributed by atoms with E-state index in [9.17, 15) is 4.79 Å². The van der Waals surface area contributed by atoms with E-state index in [4.69, 9.17) is 0 Å². The Kier molecular flexibility index (Phi) is 4.24. The smallest absolute Gasteiger partial charge is 0.264 e. The number of hydrogen-bond donors (Lipinski definition) is 0. The number of thiophene rings is 1. The fourth-order valence-electron chi connectivity index (χ4n) is 2.42. The zero-order chi connectivity index (χ0) is 15.5. The van der Waals surface area contributed by atoms with Crippen molar-refractivity contribution in [1.29, 1.82) is 0 Å². The SMILES string of the molecule is CN(C)c1ccc(N2CCN(C(=O)c3cccs3)CC2)nn1. The van der Waals surface area contributed by atoms with Gasteiger partial charge in [-0.15, -0.1) is 21.5 Å². The van der Waals surface area contributed by atoms with Gasteiger partial charge in [0.1, 0.15) is 0 Å². The van der Waals surface area contributed by atoms with Crippen molar-refractivity contribution in [2.75, 3.05) is 50.1 Å². The predicted molar refractivity (Wildman–Crippen MR) is 88.8 cm³/mol. The van der Waals surface area contributed by atoms with Crippen LogP contribution < -0.4 is 9.80 Å². The lowest BCUT2D eigenvalue weighted by atomic mass is 10.3. The zero-order valence-electron chi connectivity index (χ0n) is 12.8. The molecule has 116 valence electrons. The van der Waals surface area contributed by atoms with Crippen LogP contribution in [0.5, 0.6) is 0 Å². The summed E-state index contributed by atoms with van der Waals surface area (Å²) in [6, 6.07) is 7.74. The van der Waals surface area contributed by atoms with Gasteiger partial charge in [-0.25, -0.2) is 0 Å². The minimum atomic E-state index is 0.128. The van der Waals surface area contributed by atoms with Crippen LogP contribution in [0, 0.1) is 0 Å². The van der Waals surface area contributed by atoms with E-state index < -0.39 is 0 Å². The van der Waals surface area contributed by atoms with Gasteiger partial charge in [0.15, 0.2) is 11.6 Å². The molecule has 0 atom stereocenters. The Labute approximate surface area is 134 Å². The fourth-order valence-corrected chi connectivity index (χ4v) is 3.11. The van der Waals surface area contributed by atoms with Crippen LogP contribution in [0.25, 0.3) is 0 Å². The third-order valence-corrected chi connectivity index (χ3v) is 4.58. The van der Waals surface area contributed by atoms with Crippen molar-refractivity contribution in [3.8, 4) is 0 Å². The van der Waals surface area contributed by atoms with Gasteiger partial charge in [-0.05, 0) is 23.6 Å². The van der Waals surface area contributed by atoms with Gasteiger partial charge >= 0.3 is 0 Å². The van der Waals surface area contributed by atoms with E-state index in [1.165, 1.54) is 11.3 Å². The summed E-state index contributed by atoms with van der Waals surface area (Å²) in [6.45, 7) is 3.00. The quantitative estimate of drug-likeness (QED) is 0.860. The van der Waals surface area contributed by atoms with Crippen LogP contribution in [0.3, 0.4) is 0 Å². The topological polar surface area (TPSA) is 52.6 Å². The minimum absolute atomic E-state index is 0.128. The van der Waals surface area contributed by atoms with Gasteiger partial charge in [-0.1, -0.05) is 6.07 Å². The lowest BCUT2D eigenvalue weighted by Crippen LogP contribution is -2.49. The average molecular weight is 317 g/mol. The second-order valence-electron chi connectivity index (χ2n) is 5.40. The molecule has 0 bridgehead atoms. The lowest BCUT2D eigenvalue weighted by Gasteiger charge is -2.35. The number of anilines is 2. The molecule has 1 saturated heterocycles. The molecule has 6 nitrogen and oxygen atoms in total. The normalized spacial score (nSPS) is 15.0. The van der Waals surface area contributed by atoms with Crippen LogP contribution in [-0.2, 0) is 0 Å². The number of piperazine rings is 1. The number of carbonyl (C=O) groups is 1. The first-order chi connectivity index (χ1) is 10.6. The van der Waals surface area contributed by atoms with Crippen molar-refractivity contribution >= 4 is 28.9 Å². The highest BCUT2D eigenvalue weighted by molar-refractivity contribution is 7.12. The van der Waals surface area contributed by atoms with Crippen LogP contribution in [0.1, 0.15) is 9.67 Å². The van der Waals surface area contributed by atoms with Crippen molar-refractivity contribution in [2.24, 2.45) is 0 Å². The molecule has 0 radical (unpaired) electrons. The highest BCUT2D eigenvalue weighted by atomic mass is 32.1.